The summed E-state index contributed by atoms with van der Waals surface area (Å²) < 4.78 is 2.12. The minimum atomic E-state index is -0.0179. The van der Waals surface area contributed by atoms with Crippen molar-refractivity contribution in [1.82, 2.24) is 20.0 Å². The molecule has 2 aliphatic heterocycles. The molecule has 0 aromatic carbocycles. The summed E-state index contributed by atoms with van der Waals surface area (Å²) in [7, 11) is 0. The van der Waals surface area contributed by atoms with E-state index in [4.69, 9.17) is 0 Å². The second kappa shape index (κ2) is 6.22. The molecule has 1 saturated heterocycles. The lowest BCUT2D eigenvalue weighted by Crippen LogP contribution is -2.42. The lowest BCUT2D eigenvalue weighted by Gasteiger charge is -2.23. The molecule has 0 radical (unpaired) electrons. The van der Waals surface area contributed by atoms with E-state index in [1.54, 1.807) is 17.8 Å². The molecule has 2 aromatic heterocycles. The Hall–Kier alpha value is -2.05. The molecule has 0 unspecified atom stereocenters. The van der Waals surface area contributed by atoms with Crippen LogP contribution in [0.4, 0.5) is 0 Å². The standard InChI is InChI=1S/C17H18N4OS/c22-16(20-12-6-8-18-9-7-12)5-4-14-10-13-11-19-15-2-1-3-17(23-14)21(13)15/h1-5,10-12,18H,6-9H2,(H,20,22). The Morgan fingerprint density at radius 3 is 3.13 bits per heavy atom. The van der Waals surface area contributed by atoms with Gasteiger partial charge in [0, 0.05) is 17.0 Å². The Labute approximate surface area is 138 Å². The highest BCUT2D eigenvalue weighted by atomic mass is 32.2. The molecule has 2 N–H and O–H groups in total. The van der Waals surface area contributed by atoms with Crippen LogP contribution in [0.2, 0.25) is 0 Å². The third-order valence-electron chi connectivity index (χ3n) is 4.12. The van der Waals surface area contributed by atoms with E-state index < -0.39 is 0 Å². The number of thioether (sulfide) groups is 1. The lowest BCUT2D eigenvalue weighted by atomic mass is 10.1. The smallest absolute Gasteiger partial charge is 0.244 e. The molecule has 23 heavy (non-hydrogen) atoms. The summed E-state index contributed by atoms with van der Waals surface area (Å²) in [5.41, 5.74) is 2.00. The molecular weight excluding hydrogens is 308 g/mol. The van der Waals surface area contributed by atoms with Gasteiger partial charge >= 0.3 is 0 Å². The fraction of sp³-hybridized carbons (Fsp3) is 0.294. The van der Waals surface area contributed by atoms with E-state index >= 15 is 0 Å². The number of allylic oxidation sites excluding steroid dienone is 1. The maximum Gasteiger partial charge on any atom is 0.244 e. The van der Waals surface area contributed by atoms with E-state index in [0.29, 0.717) is 0 Å². The van der Waals surface area contributed by atoms with Gasteiger partial charge in [0.05, 0.1) is 16.9 Å². The normalized spacial score (nSPS) is 18.3. The fourth-order valence-corrected chi connectivity index (χ4v) is 3.96. The number of carbonyl (C=O) groups excluding carboxylic acids is 1. The van der Waals surface area contributed by atoms with Crippen LogP contribution in [0.5, 0.6) is 0 Å². The van der Waals surface area contributed by atoms with Gasteiger partial charge in [-0.1, -0.05) is 17.8 Å². The number of nitrogens with one attached hydrogen (secondary N) is 2. The van der Waals surface area contributed by atoms with Gasteiger partial charge in [0.1, 0.15) is 5.65 Å². The monoisotopic (exact) mass is 326 g/mol. The largest absolute Gasteiger partial charge is 0.350 e. The van der Waals surface area contributed by atoms with E-state index in [1.165, 1.54) is 0 Å². The zero-order chi connectivity index (χ0) is 15.6. The van der Waals surface area contributed by atoms with Gasteiger partial charge in [-0.25, -0.2) is 4.98 Å². The maximum absolute atomic E-state index is 12.1. The molecule has 2 aliphatic rings. The first-order chi connectivity index (χ1) is 11.3. The van der Waals surface area contributed by atoms with Gasteiger partial charge in [0.15, 0.2) is 0 Å². The van der Waals surface area contributed by atoms with Crippen molar-refractivity contribution < 1.29 is 4.79 Å². The van der Waals surface area contributed by atoms with Gasteiger partial charge in [0.2, 0.25) is 5.91 Å². The summed E-state index contributed by atoms with van der Waals surface area (Å²) >= 11 is 1.65. The van der Waals surface area contributed by atoms with Crippen LogP contribution in [0, 0.1) is 0 Å². The van der Waals surface area contributed by atoms with Crippen LogP contribution in [0.3, 0.4) is 0 Å². The third-order valence-corrected chi connectivity index (χ3v) is 5.14. The minimum absolute atomic E-state index is 0.0179. The van der Waals surface area contributed by atoms with E-state index in [9.17, 15) is 4.79 Å². The molecule has 0 bridgehead atoms. The number of piperidine rings is 1. The summed E-state index contributed by atoms with van der Waals surface area (Å²) in [5.74, 6) is -0.0179. The Balaban J connectivity index is 1.47. The van der Waals surface area contributed by atoms with Gasteiger partial charge in [-0.3, -0.25) is 9.20 Å². The number of pyridine rings is 1. The van der Waals surface area contributed by atoms with Crippen LogP contribution < -0.4 is 10.6 Å². The molecule has 5 nitrogen and oxygen atoms in total. The molecule has 6 heteroatoms. The quantitative estimate of drug-likeness (QED) is 0.849. The predicted molar refractivity (Wildman–Crippen MR) is 92.2 cm³/mol. The second-order valence-corrected chi connectivity index (χ2v) is 6.85. The number of rotatable bonds is 3. The Bertz CT molecular complexity index is 802. The lowest BCUT2D eigenvalue weighted by molar-refractivity contribution is -0.117. The highest BCUT2D eigenvalue weighted by Crippen LogP contribution is 2.34. The molecule has 2 aromatic rings. The first-order valence-electron chi connectivity index (χ1n) is 7.85. The third kappa shape index (κ3) is 3.04. The second-order valence-electron chi connectivity index (χ2n) is 5.76. The van der Waals surface area contributed by atoms with Gasteiger partial charge in [-0.05, 0) is 50.2 Å². The highest BCUT2D eigenvalue weighted by molar-refractivity contribution is 8.03. The molecule has 0 spiro atoms. The average Bonchev–Trinajstić information content (AvgIpc) is 2.99. The number of carbonyl (C=O) groups is 1. The van der Waals surface area contributed by atoms with Crippen LogP contribution in [0.15, 0.2) is 46.5 Å². The van der Waals surface area contributed by atoms with E-state index in [2.05, 4.69) is 32.2 Å². The maximum atomic E-state index is 12.1. The highest BCUT2D eigenvalue weighted by Gasteiger charge is 2.15. The molecule has 0 aliphatic carbocycles. The molecule has 4 heterocycles. The van der Waals surface area contributed by atoms with E-state index in [-0.39, 0.29) is 11.9 Å². The van der Waals surface area contributed by atoms with Crippen LogP contribution in [0.25, 0.3) is 11.7 Å². The topological polar surface area (TPSA) is 58.4 Å². The van der Waals surface area contributed by atoms with E-state index in [0.717, 1.165) is 47.2 Å². The SMILES string of the molecule is O=C(C=CC1=Cc2cnc3cccc(n23)S1)NC1CCNCC1. The number of amides is 1. The molecule has 1 amide bonds. The average molecular weight is 326 g/mol. The van der Waals surface area contributed by atoms with Crippen molar-refractivity contribution in [2.45, 2.75) is 23.9 Å². The molecule has 118 valence electrons. The van der Waals surface area contributed by atoms with Gasteiger partial charge in [-0.2, -0.15) is 0 Å². The van der Waals surface area contributed by atoms with E-state index in [1.807, 2.05) is 24.4 Å². The van der Waals surface area contributed by atoms with Crippen molar-refractivity contribution in [2.75, 3.05) is 13.1 Å². The zero-order valence-corrected chi connectivity index (χ0v) is 13.5. The van der Waals surface area contributed by atoms with Gasteiger partial charge < -0.3 is 10.6 Å². The van der Waals surface area contributed by atoms with Crippen molar-refractivity contribution in [3.63, 3.8) is 0 Å². The minimum Gasteiger partial charge on any atom is -0.350 e. The summed E-state index contributed by atoms with van der Waals surface area (Å²) in [4.78, 5) is 17.5. The Morgan fingerprint density at radius 1 is 1.39 bits per heavy atom. The van der Waals surface area contributed by atoms with Crippen molar-refractivity contribution >= 4 is 29.4 Å². The van der Waals surface area contributed by atoms with Crippen molar-refractivity contribution in [1.29, 1.82) is 0 Å². The predicted octanol–water partition coefficient (Wildman–Crippen LogP) is 2.21. The summed E-state index contributed by atoms with van der Waals surface area (Å²) in [6.07, 6.45) is 9.44. The van der Waals surface area contributed by atoms with Crippen LogP contribution in [-0.2, 0) is 4.79 Å². The summed E-state index contributed by atoms with van der Waals surface area (Å²) in [6.45, 7) is 1.95. The van der Waals surface area contributed by atoms with Crippen LogP contribution in [0.1, 0.15) is 18.5 Å². The van der Waals surface area contributed by atoms with Gasteiger partial charge in [0.25, 0.3) is 0 Å². The first-order valence-corrected chi connectivity index (χ1v) is 8.66. The van der Waals surface area contributed by atoms with Crippen molar-refractivity contribution in [2.24, 2.45) is 0 Å². The molecule has 4 rings (SSSR count). The molecular formula is C17H18N4OS. The van der Waals surface area contributed by atoms with Gasteiger partial charge in [-0.15, -0.1) is 0 Å². The number of hydrogen-bond acceptors (Lipinski definition) is 4. The summed E-state index contributed by atoms with van der Waals surface area (Å²) in [6, 6.07) is 6.36. The number of nitrogens with zero attached hydrogens (tertiary/aromatic N) is 2. The van der Waals surface area contributed by atoms with Crippen molar-refractivity contribution in [3.8, 4) is 0 Å². The number of imidazole rings is 1. The Kier molecular flexibility index (Phi) is 3.93. The molecule has 0 atom stereocenters. The summed E-state index contributed by atoms with van der Waals surface area (Å²) in [5, 5.41) is 7.49. The molecule has 1 fully saturated rings. The number of aromatic nitrogens is 2. The first kappa shape index (κ1) is 14.5. The van der Waals surface area contributed by atoms with Crippen LogP contribution >= 0.6 is 11.8 Å². The zero-order valence-electron chi connectivity index (χ0n) is 12.7. The van der Waals surface area contributed by atoms with Crippen molar-refractivity contribution in [3.05, 3.63) is 47.1 Å². The van der Waals surface area contributed by atoms with Crippen LogP contribution in [-0.4, -0.2) is 34.4 Å². The molecule has 0 saturated carbocycles. The number of hydrogen-bond donors (Lipinski definition) is 2. The fourth-order valence-electron chi connectivity index (χ4n) is 2.96. The Morgan fingerprint density at radius 2 is 2.26 bits per heavy atom.